The van der Waals surface area contributed by atoms with E-state index in [4.69, 9.17) is 16.2 Å². The Hall–Kier alpha value is -4.59. The summed E-state index contributed by atoms with van der Waals surface area (Å²) in [5.74, 6) is -0.630. The molecule has 15 heteroatoms. The third-order valence-electron chi connectivity index (χ3n) is 7.02. The van der Waals surface area contributed by atoms with Crippen LogP contribution in [0.4, 0.5) is 22.0 Å². The Kier molecular flexibility index (Phi) is 9.52. The molecule has 0 spiro atoms. The van der Waals surface area contributed by atoms with Crippen LogP contribution in [-0.2, 0) is 23.2 Å². The van der Waals surface area contributed by atoms with E-state index in [1.807, 2.05) is 6.07 Å². The van der Waals surface area contributed by atoms with Crippen LogP contribution in [0, 0.1) is 5.82 Å². The molecule has 1 saturated carbocycles. The number of rotatable bonds is 8. The molecule has 0 radical (unpaired) electrons. The van der Waals surface area contributed by atoms with Gasteiger partial charge in [0.15, 0.2) is 5.82 Å². The maximum absolute atomic E-state index is 15.3. The van der Waals surface area contributed by atoms with Gasteiger partial charge in [-0.3, -0.25) is 18.8 Å². The number of hydrogen-bond donors (Lipinski definition) is 3. The summed E-state index contributed by atoms with van der Waals surface area (Å²) in [5.41, 5.74) is 13.9. The van der Waals surface area contributed by atoms with Crippen molar-refractivity contribution in [2.45, 2.75) is 38.3 Å². The van der Waals surface area contributed by atoms with Crippen molar-refractivity contribution in [1.29, 1.82) is 0 Å². The number of carbonyl (C=O) groups excluding carboxylic acids is 1. The molecule has 1 fully saturated rings. The maximum Gasteiger partial charge on any atom is 0.322 e. The second-order valence-corrected chi connectivity index (χ2v) is 10.3. The fraction of sp³-hybridized carbons (Fsp3) is 0.241. The minimum absolute atomic E-state index is 0. The third kappa shape index (κ3) is 6.49. The van der Waals surface area contributed by atoms with Crippen molar-refractivity contribution in [3.63, 3.8) is 0 Å². The number of nitrogens with one attached hydrogen (secondary N) is 1. The summed E-state index contributed by atoms with van der Waals surface area (Å²) < 4.78 is 23.7. The normalized spacial score (nSPS) is 13.1. The smallest absolute Gasteiger partial charge is 0.322 e. The second-order valence-electron chi connectivity index (χ2n) is 10.3. The molecule has 5 N–H and O–H groups in total. The van der Waals surface area contributed by atoms with Gasteiger partial charge in [-0.25, -0.2) is 4.39 Å². The van der Waals surface area contributed by atoms with Gasteiger partial charge in [0.2, 0.25) is 11.9 Å². The molecule has 12 nitrogen and oxygen atoms in total. The molecule has 1 aliphatic rings. The van der Waals surface area contributed by atoms with Crippen LogP contribution in [-0.4, -0.2) is 41.3 Å². The van der Waals surface area contributed by atoms with E-state index >= 15 is 4.39 Å². The number of fused-ring (bicyclic) bond motifs is 1. The van der Waals surface area contributed by atoms with Crippen LogP contribution in [0.3, 0.4) is 0 Å². The number of benzene rings is 2. The van der Waals surface area contributed by atoms with Crippen LogP contribution in [0.1, 0.15) is 36.8 Å². The Morgan fingerprint density at radius 1 is 1.18 bits per heavy atom. The van der Waals surface area contributed by atoms with Crippen LogP contribution in [0.15, 0.2) is 59.8 Å². The summed E-state index contributed by atoms with van der Waals surface area (Å²) in [6.45, 7) is 1.24. The topological polar surface area (TPSA) is 169 Å². The molecule has 0 bridgehead atoms. The molecule has 0 amide bonds. The first-order valence-corrected chi connectivity index (χ1v) is 13.3. The molecule has 230 valence electrons. The van der Waals surface area contributed by atoms with E-state index < -0.39 is 23.4 Å². The molecule has 0 aliphatic heterocycles. The molecular weight excluding hydrogens is 612 g/mol. The molecule has 0 saturated heterocycles. The van der Waals surface area contributed by atoms with Gasteiger partial charge in [0.25, 0.3) is 5.56 Å². The quantitative estimate of drug-likeness (QED) is 0.209. The first kappa shape index (κ1) is 32.3. The number of nitrogens with two attached hydrogens (primary N) is 2. The standard InChI is InChI=1S/C29H28FN9O3.2ClH/c1-15(31)27(41)42-14-21-20(25-35-28(32)37-29(36-25)34-19-12-33-38(2)13-19)4-3-5-23(21)39-9-8-17-10-18(16-6-7-16)11-22(30)24(17)26(39)40;;/h3-5,8-13,15-16H,6-7,14,31H2,1-2H3,(H3,32,34,35,36,37);2*1H. The zero-order valence-corrected chi connectivity index (χ0v) is 25.4. The van der Waals surface area contributed by atoms with Crippen molar-refractivity contribution in [3.05, 3.63) is 82.3 Å². The number of aryl methyl sites for hydroxylation is 1. The van der Waals surface area contributed by atoms with E-state index in [0.717, 1.165) is 18.4 Å². The van der Waals surface area contributed by atoms with E-state index in [2.05, 4.69) is 25.4 Å². The number of halogens is 3. The van der Waals surface area contributed by atoms with E-state index in [1.165, 1.54) is 17.6 Å². The van der Waals surface area contributed by atoms with Gasteiger partial charge in [-0.2, -0.15) is 20.1 Å². The Balaban J connectivity index is 0.00000221. The predicted molar refractivity (Wildman–Crippen MR) is 169 cm³/mol. The van der Waals surface area contributed by atoms with Crippen molar-refractivity contribution in [3.8, 4) is 17.1 Å². The lowest BCUT2D eigenvalue weighted by Gasteiger charge is -2.18. The summed E-state index contributed by atoms with van der Waals surface area (Å²) in [5, 5.41) is 7.65. The molecule has 5 aromatic rings. The average Bonchev–Trinajstić information content (AvgIpc) is 3.73. The number of aromatic nitrogens is 6. The highest BCUT2D eigenvalue weighted by Gasteiger charge is 2.26. The number of ether oxygens (including phenoxy) is 1. The Bertz CT molecular complexity index is 1910. The molecule has 1 unspecified atom stereocenters. The molecule has 1 atom stereocenters. The van der Waals surface area contributed by atoms with Gasteiger partial charge in [0.1, 0.15) is 18.5 Å². The summed E-state index contributed by atoms with van der Waals surface area (Å²) in [4.78, 5) is 39.1. The molecule has 44 heavy (non-hydrogen) atoms. The van der Waals surface area contributed by atoms with E-state index in [0.29, 0.717) is 33.8 Å². The van der Waals surface area contributed by atoms with Crippen LogP contribution < -0.4 is 22.3 Å². The summed E-state index contributed by atoms with van der Waals surface area (Å²) in [6.07, 6.45) is 6.93. The van der Waals surface area contributed by atoms with Gasteiger partial charge in [-0.1, -0.05) is 18.2 Å². The highest BCUT2D eigenvalue weighted by atomic mass is 35.5. The van der Waals surface area contributed by atoms with Gasteiger partial charge in [0.05, 0.1) is 23.0 Å². The van der Waals surface area contributed by atoms with Gasteiger partial charge < -0.3 is 21.5 Å². The first-order chi connectivity index (χ1) is 20.2. The monoisotopic (exact) mass is 641 g/mol. The van der Waals surface area contributed by atoms with Crippen LogP contribution in [0.25, 0.3) is 27.8 Å². The van der Waals surface area contributed by atoms with E-state index in [9.17, 15) is 9.59 Å². The van der Waals surface area contributed by atoms with Crippen LogP contribution in [0.5, 0.6) is 0 Å². The van der Waals surface area contributed by atoms with E-state index in [-0.39, 0.29) is 54.5 Å². The second kappa shape index (κ2) is 13.0. The molecule has 3 aromatic heterocycles. The van der Waals surface area contributed by atoms with Gasteiger partial charge >= 0.3 is 5.97 Å². The predicted octanol–water partition coefficient (Wildman–Crippen LogP) is 4.15. The lowest BCUT2D eigenvalue weighted by molar-refractivity contribution is -0.146. The molecular formula is C29H30Cl2FN9O3. The van der Waals surface area contributed by atoms with Crippen molar-refractivity contribution >= 4 is 59.1 Å². The molecule has 6 rings (SSSR count). The Morgan fingerprint density at radius 2 is 1.95 bits per heavy atom. The minimum atomic E-state index is -0.873. The van der Waals surface area contributed by atoms with Crippen molar-refractivity contribution in [1.82, 2.24) is 29.3 Å². The van der Waals surface area contributed by atoms with Gasteiger partial charge in [-0.15, -0.1) is 24.8 Å². The molecule has 3 heterocycles. The largest absolute Gasteiger partial charge is 0.460 e. The Labute approximate surface area is 263 Å². The first-order valence-electron chi connectivity index (χ1n) is 13.3. The molecule has 1 aliphatic carbocycles. The zero-order chi connectivity index (χ0) is 29.5. The lowest BCUT2D eigenvalue weighted by Crippen LogP contribution is -2.29. The average molecular weight is 643 g/mol. The minimum Gasteiger partial charge on any atom is -0.460 e. The fourth-order valence-electron chi connectivity index (χ4n) is 4.81. The number of esters is 1. The number of pyridine rings is 1. The van der Waals surface area contributed by atoms with Crippen molar-refractivity contribution in [2.24, 2.45) is 12.8 Å². The summed E-state index contributed by atoms with van der Waals surface area (Å²) in [6, 6.07) is 9.21. The lowest BCUT2D eigenvalue weighted by atomic mass is 10.0. The number of hydrogen-bond acceptors (Lipinski definition) is 10. The Morgan fingerprint density at radius 3 is 2.64 bits per heavy atom. The zero-order valence-electron chi connectivity index (χ0n) is 23.7. The third-order valence-corrected chi connectivity index (χ3v) is 7.02. The number of nitrogens with zero attached hydrogens (tertiary/aromatic N) is 6. The summed E-state index contributed by atoms with van der Waals surface area (Å²) in [7, 11) is 1.77. The van der Waals surface area contributed by atoms with Gasteiger partial charge in [0, 0.05) is 30.6 Å². The summed E-state index contributed by atoms with van der Waals surface area (Å²) >= 11 is 0. The number of carbonyl (C=O) groups is 1. The SMILES string of the molecule is CC(N)C(=O)OCc1c(-c2nc(N)nc(Nc3cnn(C)c3)n2)cccc1-n1ccc2cc(C3CC3)cc(F)c2c1=O.Cl.Cl. The highest BCUT2D eigenvalue weighted by molar-refractivity contribution is 5.86. The highest BCUT2D eigenvalue weighted by Crippen LogP contribution is 2.41. The number of nitrogen functional groups attached to an aromatic ring is 1. The van der Waals surface area contributed by atoms with E-state index in [1.54, 1.807) is 54.6 Å². The molecule has 2 aromatic carbocycles. The van der Waals surface area contributed by atoms with Crippen molar-refractivity contribution in [2.75, 3.05) is 11.1 Å². The van der Waals surface area contributed by atoms with Crippen LogP contribution >= 0.6 is 24.8 Å². The number of anilines is 3. The van der Waals surface area contributed by atoms with Gasteiger partial charge in [-0.05, 0) is 54.8 Å². The van der Waals surface area contributed by atoms with Crippen LogP contribution in [0.2, 0.25) is 0 Å². The fourth-order valence-corrected chi connectivity index (χ4v) is 4.81. The maximum atomic E-state index is 15.3. The van der Waals surface area contributed by atoms with Crippen molar-refractivity contribution < 1.29 is 13.9 Å².